The van der Waals surface area contributed by atoms with Gasteiger partial charge in [0.05, 0.1) is 16.2 Å². The van der Waals surface area contributed by atoms with Crippen LogP contribution in [0.2, 0.25) is 0 Å². The van der Waals surface area contributed by atoms with Gasteiger partial charge in [0.1, 0.15) is 5.82 Å². The minimum absolute atomic E-state index is 0.0164. The van der Waals surface area contributed by atoms with E-state index in [9.17, 15) is 21.6 Å². The predicted octanol–water partition coefficient (Wildman–Crippen LogP) is 4.20. The van der Waals surface area contributed by atoms with Crippen molar-refractivity contribution in [3.63, 3.8) is 0 Å². The number of alkyl halides is 3. The van der Waals surface area contributed by atoms with E-state index in [1.807, 2.05) is 0 Å². The molecule has 3 rings (SSSR count). The molecule has 0 atom stereocenters. The molecule has 0 fully saturated rings. The Bertz CT molecular complexity index is 1090. The van der Waals surface area contributed by atoms with Crippen LogP contribution in [-0.4, -0.2) is 18.4 Å². The van der Waals surface area contributed by atoms with Crippen molar-refractivity contribution < 1.29 is 21.6 Å². The summed E-state index contributed by atoms with van der Waals surface area (Å²) in [7, 11) is -3.80. The summed E-state index contributed by atoms with van der Waals surface area (Å²) in [6.45, 7) is 0. The summed E-state index contributed by atoms with van der Waals surface area (Å²) in [5.74, 6) is -0.209. The zero-order valence-corrected chi connectivity index (χ0v) is 15.9. The molecule has 146 valence electrons. The number of hydrogen-bond donors (Lipinski definition) is 1. The van der Waals surface area contributed by atoms with Crippen LogP contribution in [0.4, 0.5) is 19.0 Å². The van der Waals surface area contributed by atoms with E-state index in [4.69, 9.17) is 5.73 Å². The van der Waals surface area contributed by atoms with Crippen molar-refractivity contribution in [2.45, 2.75) is 26.9 Å². The summed E-state index contributed by atoms with van der Waals surface area (Å²) in [4.78, 5) is 8.81. The van der Waals surface area contributed by atoms with Crippen LogP contribution >= 0.6 is 11.8 Å². The summed E-state index contributed by atoms with van der Waals surface area (Å²) in [5.41, 5.74) is 4.78. The number of hydrogen-bond acceptors (Lipinski definition) is 6. The molecule has 1 aromatic heterocycles. The second kappa shape index (κ2) is 7.80. The van der Waals surface area contributed by atoms with Crippen molar-refractivity contribution in [1.29, 1.82) is 0 Å². The van der Waals surface area contributed by atoms with Crippen molar-refractivity contribution in [1.82, 2.24) is 9.97 Å². The highest BCUT2D eigenvalue weighted by molar-refractivity contribution is 7.99. The lowest BCUT2D eigenvalue weighted by Gasteiger charge is -2.10. The highest BCUT2D eigenvalue weighted by Gasteiger charge is 2.30. The SMILES string of the molecule is Nc1ccnc(Sc2ccc(S(=O)(=O)Cc3cccc(C(F)(F)F)c3)cc2)n1. The lowest BCUT2D eigenvalue weighted by Crippen LogP contribution is -2.08. The van der Waals surface area contributed by atoms with Crippen LogP contribution in [0.15, 0.2) is 75.7 Å². The zero-order chi connectivity index (χ0) is 20.4. The maximum Gasteiger partial charge on any atom is 0.416 e. The second-order valence-electron chi connectivity index (χ2n) is 5.79. The van der Waals surface area contributed by atoms with E-state index in [1.165, 1.54) is 42.2 Å². The van der Waals surface area contributed by atoms with Crippen LogP contribution in [0.1, 0.15) is 11.1 Å². The quantitative estimate of drug-likeness (QED) is 0.617. The first kappa shape index (κ1) is 20.2. The molecule has 1 heterocycles. The van der Waals surface area contributed by atoms with Gasteiger partial charge < -0.3 is 5.73 Å². The van der Waals surface area contributed by atoms with Crippen molar-refractivity contribution >= 4 is 27.4 Å². The molecular formula is C18H14F3N3O2S2. The Morgan fingerprint density at radius 2 is 1.75 bits per heavy atom. The predicted molar refractivity (Wildman–Crippen MR) is 99.3 cm³/mol. The second-order valence-corrected chi connectivity index (χ2v) is 8.83. The fourth-order valence-corrected chi connectivity index (χ4v) is 4.45. The smallest absolute Gasteiger partial charge is 0.384 e. The number of anilines is 1. The largest absolute Gasteiger partial charge is 0.416 e. The number of nitrogens with two attached hydrogens (primary N) is 1. The minimum Gasteiger partial charge on any atom is -0.384 e. The number of nitrogen functional groups attached to an aromatic ring is 1. The first-order valence-corrected chi connectivity index (χ1v) is 10.4. The molecule has 0 unspecified atom stereocenters. The average molecular weight is 425 g/mol. The summed E-state index contributed by atoms with van der Waals surface area (Å²) >= 11 is 1.21. The molecule has 2 aromatic carbocycles. The Labute approximate surface area is 163 Å². The molecule has 2 N–H and O–H groups in total. The number of rotatable bonds is 5. The van der Waals surface area contributed by atoms with Crippen LogP contribution in [0.3, 0.4) is 0 Å². The minimum atomic E-state index is -4.53. The number of benzene rings is 2. The lowest BCUT2D eigenvalue weighted by atomic mass is 10.1. The van der Waals surface area contributed by atoms with E-state index in [-0.39, 0.29) is 10.5 Å². The molecule has 0 aliphatic heterocycles. The lowest BCUT2D eigenvalue weighted by molar-refractivity contribution is -0.137. The van der Waals surface area contributed by atoms with Gasteiger partial charge >= 0.3 is 6.18 Å². The molecule has 5 nitrogen and oxygen atoms in total. The van der Waals surface area contributed by atoms with Gasteiger partial charge in [0.25, 0.3) is 0 Å². The van der Waals surface area contributed by atoms with Gasteiger partial charge in [-0.15, -0.1) is 0 Å². The Kier molecular flexibility index (Phi) is 5.61. The summed E-state index contributed by atoms with van der Waals surface area (Å²) < 4.78 is 63.5. The van der Waals surface area contributed by atoms with E-state index >= 15 is 0 Å². The van der Waals surface area contributed by atoms with Gasteiger partial charge in [-0.3, -0.25) is 0 Å². The molecule has 3 aromatic rings. The van der Waals surface area contributed by atoms with E-state index in [2.05, 4.69) is 9.97 Å². The molecule has 0 amide bonds. The third-order valence-corrected chi connectivity index (χ3v) is 6.25. The summed E-state index contributed by atoms with van der Waals surface area (Å²) in [6, 6.07) is 11.8. The van der Waals surface area contributed by atoms with Crippen LogP contribution in [-0.2, 0) is 21.8 Å². The maximum absolute atomic E-state index is 12.8. The normalized spacial score (nSPS) is 12.1. The highest BCUT2D eigenvalue weighted by atomic mass is 32.2. The van der Waals surface area contributed by atoms with Gasteiger partial charge in [0.15, 0.2) is 15.0 Å². The molecule has 28 heavy (non-hydrogen) atoms. The fraction of sp³-hybridized carbons (Fsp3) is 0.111. The van der Waals surface area contributed by atoms with E-state index in [0.29, 0.717) is 15.9 Å². The number of halogens is 3. The average Bonchev–Trinajstić information content (AvgIpc) is 2.61. The summed E-state index contributed by atoms with van der Waals surface area (Å²) in [6.07, 6.45) is -3.01. The van der Waals surface area contributed by atoms with E-state index in [0.717, 1.165) is 12.1 Å². The van der Waals surface area contributed by atoms with Crippen molar-refractivity contribution in [2.24, 2.45) is 0 Å². The molecule has 0 radical (unpaired) electrons. The number of sulfone groups is 1. The van der Waals surface area contributed by atoms with Crippen molar-refractivity contribution in [3.8, 4) is 0 Å². The first-order chi connectivity index (χ1) is 13.1. The van der Waals surface area contributed by atoms with Gasteiger partial charge in [-0.1, -0.05) is 18.2 Å². The molecule has 0 bridgehead atoms. The van der Waals surface area contributed by atoms with Crippen molar-refractivity contribution in [3.05, 3.63) is 71.9 Å². The van der Waals surface area contributed by atoms with E-state index in [1.54, 1.807) is 18.2 Å². The molecular weight excluding hydrogens is 411 g/mol. The van der Waals surface area contributed by atoms with Crippen LogP contribution in [0.25, 0.3) is 0 Å². The molecule has 10 heteroatoms. The Balaban J connectivity index is 1.77. The van der Waals surface area contributed by atoms with Gasteiger partial charge in [-0.05, 0) is 53.7 Å². The number of nitrogens with zero attached hydrogens (tertiary/aromatic N) is 2. The van der Waals surface area contributed by atoms with Crippen LogP contribution in [0, 0.1) is 0 Å². The van der Waals surface area contributed by atoms with Gasteiger partial charge in [-0.2, -0.15) is 13.2 Å². The van der Waals surface area contributed by atoms with E-state index < -0.39 is 27.3 Å². The van der Waals surface area contributed by atoms with Gasteiger partial charge in [-0.25, -0.2) is 18.4 Å². The van der Waals surface area contributed by atoms with Crippen LogP contribution in [0.5, 0.6) is 0 Å². The zero-order valence-electron chi connectivity index (χ0n) is 14.2. The number of aromatic nitrogens is 2. The Hall–Kier alpha value is -2.59. The van der Waals surface area contributed by atoms with Crippen LogP contribution < -0.4 is 5.73 Å². The monoisotopic (exact) mass is 425 g/mol. The topological polar surface area (TPSA) is 85.9 Å². The van der Waals surface area contributed by atoms with Gasteiger partial charge in [0, 0.05) is 11.1 Å². The third-order valence-electron chi connectivity index (χ3n) is 3.66. The Morgan fingerprint density at radius 1 is 1.04 bits per heavy atom. The highest BCUT2D eigenvalue weighted by Crippen LogP contribution is 2.31. The fourth-order valence-electron chi connectivity index (χ4n) is 2.36. The van der Waals surface area contributed by atoms with Gasteiger partial charge in [0.2, 0.25) is 0 Å². The molecule has 0 spiro atoms. The summed E-state index contributed by atoms with van der Waals surface area (Å²) in [5, 5.41) is 0.416. The molecule has 0 aliphatic carbocycles. The standard InChI is InChI=1S/C18H14F3N3O2S2/c19-18(20,21)13-3-1-2-12(10-13)11-28(25,26)15-6-4-14(5-7-15)27-17-23-9-8-16(22)24-17/h1-10H,11H2,(H2,22,23,24). The maximum atomic E-state index is 12.8. The Morgan fingerprint density at radius 3 is 2.39 bits per heavy atom. The molecule has 0 saturated heterocycles. The van der Waals surface area contributed by atoms with Crippen molar-refractivity contribution in [2.75, 3.05) is 5.73 Å². The first-order valence-electron chi connectivity index (χ1n) is 7.89. The third kappa shape index (κ3) is 5.02. The molecule has 0 aliphatic rings. The molecule has 0 saturated carbocycles.